The van der Waals surface area contributed by atoms with E-state index in [1.807, 2.05) is 0 Å². The Labute approximate surface area is 179 Å². The van der Waals surface area contributed by atoms with Crippen molar-refractivity contribution in [3.63, 3.8) is 0 Å². The number of hydrogen-bond acceptors (Lipinski definition) is 4. The van der Waals surface area contributed by atoms with Gasteiger partial charge in [-0.1, -0.05) is 12.1 Å². The van der Waals surface area contributed by atoms with E-state index in [1.165, 1.54) is 7.11 Å². The molecular formula is C21H19F6NO4. The monoisotopic (exact) mass is 463 g/mol. The summed E-state index contributed by atoms with van der Waals surface area (Å²) in [4.78, 5) is 24.4. The summed E-state index contributed by atoms with van der Waals surface area (Å²) in [7, 11) is 2.51. The van der Waals surface area contributed by atoms with Gasteiger partial charge in [0.2, 0.25) is 5.91 Å². The molecule has 1 N–H and O–H groups in total. The van der Waals surface area contributed by atoms with Crippen molar-refractivity contribution >= 4 is 11.9 Å². The number of methoxy groups -OCH3 is 2. The molecule has 0 unspecified atom stereocenters. The molecule has 0 heterocycles. The third kappa shape index (κ3) is 6.89. The Morgan fingerprint density at radius 1 is 0.906 bits per heavy atom. The van der Waals surface area contributed by atoms with Gasteiger partial charge in [0.15, 0.2) is 0 Å². The molecule has 0 aliphatic rings. The van der Waals surface area contributed by atoms with Crippen LogP contribution in [0.15, 0.2) is 42.5 Å². The molecule has 1 amide bonds. The Morgan fingerprint density at radius 2 is 1.50 bits per heavy atom. The molecule has 0 aliphatic carbocycles. The van der Waals surface area contributed by atoms with Crippen LogP contribution in [0.3, 0.4) is 0 Å². The molecular weight excluding hydrogens is 444 g/mol. The van der Waals surface area contributed by atoms with Gasteiger partial charge in [-0.05, 0) is 41.5 Å². The minimum absolute atomic E-state index is 0.0263. The second-order valence-electron chi connectivity index (χ2n) is 6.79. The minimum atomic E-state index is -5.03. The summed E-state index contributed by atoms with van der Waals surface area (Å²) in [6.45, 7) is 0. The molecule has 0 aromatic heterocycles. The molecule has 0 spiro atoms. The fourth-order valence-electron chi connectivity index (χ4n) is 2.92. The quantitative estimate of drug-likeness (QED) is 0.495. The van der Waals surface area contributed by atoms with Gasteiger partial charge < -0.3 is 14.8 Å². The van der Waals surface area contributed by atoms with Gasteiger partial charge in [0.25, 0.3) is 0 Å². The van der Waals surface area contributed by atoms with E-state index < -0.39 is 53.4 Å². The zero-order valence-electron chi connectivity index (χ0n) is 16.9. The van der Waals surface area contributed by atoms with E-state index in [2.05, 4.69) is 10.1 Å². The zero-order valence-corrected chi connectivity index (χ0v) is 16.9. The third-order valence-electron chi connectivity index (χ3n) is 4.41. The summed E-state index contributed by atoms with van der Waals surface area (Å²) < 4.78 is 87.7. The van der Waals surface area contributed by atoms with Gasteiger partial charge in [-0.2, -0.15) is 26.3 Å². The molecule has 0 bridgehead atoms. The van der Waals surface area contributed by atoms with Crippen LogP contribution in [0.5, 0.6) is 5.75 Å². The Kier molecular flexibility index (Phi) is 7.76. The van der Waals surface area contributed by atoms with Crippen LogP contribution in [0.25, 0.3) is 0 Å². The van der Waals surface area contributed by atoms with Crippen LogP contribution in [0, 0.1) is 0 Å². The predicted octanol–water partition coefficient (Wildman–Crippen LogP) is 4.18. The number of benzene rings is 2. The smallest absolute Gasteiger partial charge is 0.416 e. The highest BCUT2D eigenvalue weighted by Crippen LogP contribution is 2.36. The zero-order chi connectivity index (χ0) is 24.1. The maximum atomic E-state index is 13.0. The van der Waals surface area contributed by atoms with Gasteiger partial charge >= 0.3 is 18.3 Å². The number of carbonyl (C=O) groups is 2. The van der Waals surface area contributed by atoms with Crippen molar-refractivity contribution in [1.29, 1.82) is 0 Å². The highest BCUT2D eigenvalue weighted by Gasteiger charge is 2.37. The number of rotatable bonds is 7. The van der Waals surface area contributed by atoms with E-state index in [4.69, 9.17) is 4.74 Å². The topological polar surface area (TPSA) is 64.6 Å². The maximum Gasteiger partial charge on any atom is 0.416 e. The van der Waals surface area contributed by atoms with Crippen molar-refractivity contribution in [2.75, 3.05) is 14.2 Å². The van der Waals surface area contributed by atoms with Gasteiger partial charge in [-0.3, -0.25) is 4.79 Å². The lowest BCUT2D eigenvalue weighted by atomic mass is 10.0. The first kappa shape index (κ1) is 25.0. The van der Waals surface area contributed by atoms with Gasteiger partial charge in [0, 0.05) is 6.42 Å². The van der Waals surface area contributed by atoms with Crippen molar-refractivity contribution in [3.05, 3.63) is 64.7 Å². The normalized spacial score (nSPS) is 12.8. The van der Waals surface area contributed by atoms with Crippen LogP contribution in [0.4, 0.5) is 26.3 Å². The number of halogens is 6. The standard InChI is InChI=1S/C21H19F6NO4/c1-31-16-5-3-4-12(8-16)9-17(19(30)32-2)28-18(29)10-13-6-14(20(22,23)24)11-15(7-13)21(25,26)27/h3-8,11,17H,9-10H2,1-2H3,(H,28,29)/t17-/m0/s1. The van der Waals surface area contributed by atoms with E-state index in [0.29, 0.717) is 23.4 Å². The Bertz CT molecular complexity index is 939. The lowest BCUT2D eigenvalue weighted by Crippen LogP contribution is -2.43. The number of esters is 1. The van der Waals surface area contributed by atoms with Gasteiger partial charge in [0.05, 0.1) is 31.8 Å². The SMILES string of the molecule is COC(=O)[C@H](Cc1cccc(OC)c1)NC(=O)Cc1cc(C(F)(F)F)cc(C(F)(F)F)c1. The highest BCUT2D eigenvalue weighted by atomic mass is 19.4. The second-order valence-corrected chi connectivity index (χ2v) is 6.79. The van der Waals surface area contributed by atoms with Gasteiger partial charge in [0.1, 0.15) is 11.8 Å². The number of carbonyl (C=O) groups excluding carboxylic acids is 2. The van der Waals surface area contributed by atoms with E-state index in [9.17, 15) is 35.9 Å². The largest absolute Gasteiger partial charge is 0.497 e. The van der Waals surface area contributed by atoms with E-state index in [-0.39, 0.29) is 12.5 Å². The van der Waals surface area contributed by atoms with E-state index in [1.54, 1.807) is 24.3 Å². The molecule has 0 aliphatic heterocycles. The van der Waals surface area contributed by atoms with Crippen LogP contribution >= 0.6 is 0 Å². The lowest BCUT2D eigenvalue weighted by molar-refractivity contribution is -0.145. The number of hydrogen-bond donors (Lipinski definition) is 1. The Morgan fingerprint density at radius 3 is 2.00 bits per heavy atom. The molecule has 0 radical (unpaired) electrons. The maximum absolute atomic E-state index is 13.0. The van der Waals surface area contributed by atoms with Crippen LogP contribution in [-0.4, -0.2) is 32.1 Å². The number of ether oxygens (including phenoxy) is 2. The van der Waals surface area contributed by atoms with Crippen molar-refractivity contribution < 1.29 is 45.4 Å². The van der Waals surface area contributed by atoms with Crippen molar-refractivity contribution in [2.45, 2.75) is 31.2 Å². The molecule has 2 rings (SSSR count). The molecule has 32 heavy (non-hydrogen) atoms. The fraction of sp³-hybridized carbons (Fsp3) is 0.333. The molecule has 2 aromatic rings. The Hall–Kier alpha value is -3.24. The third-order valence-corrected chi connectivity index (χ3v) is 4.41. The molecule has 5 nitrogen and oxygen atoms in total. The molecule has 2 aromatic carbocycles. The number of nitrogens with one attached hydrogen (secondary N) is 1. The van der Waals surface area contributed by atoms with Gasteiger partial charge in [-0.25, -0.2) is 4.79 Å². The highest BCUT2D eigenvalue weighted by molar-refractivity contribution is 5.85. The molecule has 0 saturated heterocycles. The first-order chi connectivity index (χ1) is 14.8. The molecule has 11 heteroatoms. The minimum Gasteiger partial charge on any atom is -0.497 e. The summed E-state index contributed by atoms with van der Waals surface area (Å²) in [6.07, 6.45) is -10.9. The van der Waals surface area contributed by atoms with Crippen molar-refractivity contribution in [3.8, 4) is 5.75 Å². The van der Waals surface area contributed by atoms with Gasteiger partial charge in [-0.15, -0.1) is 0 Å². The predicted molar refractivity (Wildman–Crippen MR) is 101 cm³/mol. The molecule has 0 saturated carbocycles. The second kappa shape index (κ2) is 9.92. The number of amides is 1. The van der Waals surface area contributed by atoms with E-state index >= 15 is 0 Å². The lowest BCUT2D eigenvalue weighted by Gasteiger charge is -2.18. The van der Waals surface area contributed by atoms with Crippen molar-refractivity contribution in [1.82, 2.24) is 5.32 Å². The van der Waals surface area contributed by atoms with Crippen LogP contribution in [-0.2, 0) is 39.5 Å². The van der Waals surface area contributed by atoms with E-state index in [0.717, 1.165) is 7.11 Å². The number of alkyl halides is 6. The first-order valence-corrected chi connectivity index (χ1v) is 9.12. The Balaban J connectivity index is 2.24. The van der Waals surface area contributed by atoms with Crippen LogP contribution in [0.1, 0.15) is 22.3 Å². The van der Waals surface area contributed by atoms with Crippen molar-refractivity contribution in [2.24, 2.45) is 0 Å². The fourth-order valence-corrected chi connectivity index (χ4v) is 2.92. The molecule has 174 valence electrons. The van der Waals surface area contributed by atoms with Crippen LogP contribution < -0.4 is 10.1 Å². The van der Waals surface area contributed by atoms with Crippen LogP contribution in [0.2, 0.25) is 0 Å². The first-order valence-electron chi connectivity index (χ1n) is 9.12. The summed E-state index contributed by atoms with van der Waals surface area (Å²) in [6, 6.07) is 6.23. The molecule has 1 atom stereocenters. The summed E-state index contributed by atoms with van der Waals surface area (Å²) in [5.41, 5.74) is -2.99. The summed E-state index contributed by atoms with van der Waals surface area (Å²) in [5.74, 6) is -1.29. The summed E-state index contributed by atoms with van der Waals surface area (Å²) >= 11 is 0. The average molecular weight is 463 g/mol. The molecule has 0 fully saturated rings. The summed E-state index contributed by atoms with van der Waals surface area (Å²) in [5, 5.41) is 2.30. The average Bonchev–Trinajstić information content (AvgIpc) is 2.71.